The average molecular weight is 299 g/mol. The van der Waals surface area contributed by atoms with E-state index in [1.54, 1.807) is 0 Å². The van der Waals surface area contributed by atoms with Gasteiger partial charge in [0, 0.05) is 11.9 Å². The van der Waals surface area contributed by atoms with E-state index in [4.69, 9.17) is 5.73 Å². The maximum atomic E-state index is 9.31. The van der Waals surface area contributed by atoms with Crippen LogP contribution < -0.4 is 5.73 Å². The molecule has 0 saturated heterocycles. The van der Waals surface area contributed by atoms with E-state index < -0.39 is 0 Å². The van der Waals surface area contributed by atoms with Gasteiger partial charge >= 0.3 is 0 Å². The molecule has 0 aliphatic carbocycles. The zero-order valence-corrected chi connectivity index (χ0v) is 13.3. The first-order chi connectivity index (χ1) is 10.2. The van der Waals surface area contributed by atoms with Gasteiger partial charge in [-0.1, -0.05) is 60.7 Å². The molecule has 3 heteroatoms. The van der Waals surface area contributed by atoms with E-state index in [0.717, 1.165) is 0 Å². The molecule has 0 unspecified atom stereocenters. The van der Waals surface area contributed by atoms with Crippen molar-refractivity contribution in [1.82, 2.24) is 0 Å². The number of aryl methyl sites for hydroxylation is 2. The van der Waals surface area contributed by atoms with E-state index in [1.807, 2.05) is 6.07 Å². The molecule has 21 heavy (non-hydrogen) atoms. The van der Waals surface area contributed by atoms with Crippen LogP contribution in [0.25, 0.3) is 12.2 Å². The zero-order valence-electron chi connectivity index (χ0n) is 12.5. The van der Waals surface area contributed by atoms with Crippen LogP contribution in [0.3, 0.4) is 0 Å². The number of hydrogen-bond donors (Lipinski definition) is 1. The number of rotatable bonds is 3. The van der Waals surface area contributed by atoms with E-state index in [2.05, 4.69) is 68.5 Å². The highest BCUT2D eigenvalue weighted by Gasteiger charge is 1.96. The molecule has 2 rings (SSSR count). The second kappa shape index (κ2) is 9.86. The molecule has 2 N–H and O–H groups in total. The summed E-state index contributed by atoms with van der Waals surface area (Å²) in [6.07, 6.45) is 4.36. The van der Waals surface area contributed by atoms with Gasteiger partial charge in [-0.2, -0.15) is 0 Å². The van der Waals surface area contributed by atoms with Gasteiger partial charge in [-0.3, -0.25) is 0 Å². The number of benzene rings is 2. The second-order valence-electron chi connectivity index (χ2n) is 4.55. The fraction of sp³-hybridized carbons (Fsp3) is 0.167. The third-order valence-corrected chi connectivity index (χ3v) is 3.28. The molecule has 0 radical (unpaired) electrons. The van der Waals surface area contributed by atoms with Crippen molar-refractivity contribution in [1.29, 1.82) is 0 Å². The van der Waals surface area contributed by atoms with Crippen molar-refractivity contribution < 1.29 is 4.21 Å². The van der Waals surface area contributed by atoms with Crippen molar-refractivity contribution in [2.75, 3.05) is 6.54 Å². The van der Waals surface area contributed by atoms with Gasteiger partial charge in [0.15, 0.2) is 0 Å². The summed E-state index contributed by atoms with van der Waals surface area (Å²) in [6, 6.07) is 16.8. The lowest BCUT2D eigenvalue weighted by Crippen LogP contribution is -1.97. The zero-order chi connectivity index (χ0) is 15.5. The van der Waals surface area contributed by atoms with Crippen molar-refractivity contribution in [3.05, 3.63) is 70.8 Å². The van der Waals surface area contributed by atoms with Crippen LogP contribution in [-0.2, 0) is 11.3 Å². The highest BCUT2D eigenvalue weighted by molar-refractivity contribution is 7.64. The lowest BCUT2D eigenvalue weighted by molar-refractivity contribution is 0.701. The van der Waals surface area contributed by atoms with Crippen LogP contribution in [0.2, 0.25) is 0 Å². The highest BCUT2D eigenvalue weighted by atomic mass is 32.1. The van der Waals surface area contributed by atoms with Crippen LogP contribution in [0, 0.1) is 13.8 Å². The molecule has 0 aliphatic rings. The van der Waals surface area contributed by atoms with Crippen LogP contribution in [0.15, 0.2) is 48.5 Å². The third-order valence-electron chi connectivity index (χ3n) is 2.95. The van der Waals surface area contributed by atoms with E-state index >= 15 is 0 Å². The molecule has 0 aliphatic heterocycles. The monoisotopic (exact) mass is 299 g/mol. The Labute approximate surface area is 130 Å². The standard InChI is InChI=1S/C16H16.C2H5NOS/c1-13-7-6-8-14(2)16(13)12-11-15-9-4-3-5-10-15;3-1-2-5-4/h3-12H,1-2H3;2H,1,3H2. The molecule has 0 atom stereocenters. The molecule has 2 aromatic carbocycles. The summed E-state index contributed by atoms with van der Waals surface area (Å²) in [5.41, 5.74) is 10.1. The molecule has 0 bridgehead atoms. The maximum absolute atomic E-state index is 9.31. The molecular formula is C18H21NOS. The third kappa shape index (κ3) is 6.34. The highest BCUT2D eigenvalue weighted by Crippen LogP contribution is 2.16. The van der Waals surface area contributed by atoms with Crippen molar-refractivity contribution in [2.45, 2.75) is 13.8 Å². The molecule has 0 spiro atoms. The van der Waals surface area contributed by atoms with E-state index in [1.165, 1.54) is 27.6 Å². The van der Waals surface area contributed by atoms with Gasteiger partial charge in [0.05, 0.1) is 11.3 Å². The Kier molecular flexibility index (Phi) is 8.02. The average Bonchev–Trinajstić information content (AvgIpc) is 2.49. The SMILES string of the molecule is Cc1cccc(C)c1C=Cc1ccccc1.NCC=S=O. The van der Waals surface area contributed by atoms with Crippen molar-refractivity contribution in [3.63, 3.8) is 0 Å². The lowest BCUT2D eigenvalue weighted by Gasteiger charge is -2.04. The smallest absolute Gasteiger partial charge is 0.0854 e. The van der Waals surface area contributed by atoms with Gasteiger partial charge in [-0.05, 0) is 36.1 Å². The van der Waals surface area contributed by atoms with Crippen molar-refractivity contribution >= 4 is 28.8 Å². The van der Waals surface area contributed by atoms with Crippen LogP contribution in [0.4, 0.5) is 0 Å². The maximum Gasteiger partial charge on any atom is 0.0854 e. The van der Waals surface area contributed by atoms with Gasteiger partial charge in [0.1, 0.15) is 0 Å². The van der Waals surface area contributed by atoms with E-state index in [0.29, 0.717) is 17.8 Å². The van der Waals surface area contributed by atoms with Gasteiger partial charge in [-0.15, -0.1) is 0 Å². The summed E-state index contributed by atoms with van der Waals surface area (Å²) in [6.45, 7) is 4.67. The first-order valence-electron chi connectivity index (χ1n) is 6.78. The predicted molar refractivity (Wildman–Crippen MR) is 94.5 cm³/mol. The molecule has 0 fully saturated rings. The lowest BCUT2D eigenvalue weighted by atomic mass is 10.0. The van der Waals surface area contributed by atoms with Crippen LogP contribution in [0.5, 0.6) is 0 Å². The molecule has 0 saturated carbocycles. The normalized spacial score (nSPS) is 9.86. The summed E-state index contributed by atoms with van der Waals surface area (Å²) in [5, 5.41) is 1.39. The Balaban J connectivity index is 0.000000383. The summed E-state index contributed by atoms with van der Waals surface area (Å²) in [4.78, 5) is 0. The Morgan fingerprint density at radius 1 is 0.952 bits per heavy atom. The first-order valence-corrected chi connectivity index (χ1v) is 7.59. The topological polar surface area (TPSA) is 43.1 Å². The summed E-state index contributed by atoms with van der Waals surface area (Å²) >= 11 is 0.402. The van der Waals surface area contributed by atoms with Gasteiger partial charge in [-0.25, -0.2) is 4.21 Å². The quantitative estimate of drug-likeness (QED) is 0.697. The van der Waals surface area contributed by atoms with Crippen molar-refractivity contribution in [2.24, 2.45) is 5.73 Å². The van der Waals surface area contributed by atoms with Gasteiger partial charge in [0.2, 0.25) is 0 Å². The van der Waals surface area contributed by atoms with E-state index in [-0.39, 0.29) is 0 Å². The predicted octanol–water partition coefficient (Wildman–Crippen LogP) is 3.43. The minimum atomic E-state index is 0.369. The Morgan fingerprint density at radius 2 is 1.57 bits per heavy atom. The fourth-order valence-corrected chi connectivity index (χ4v) is 1.95. The summed E-state index contributed by atoms with van der Waals surface area (Å²) < 4.78 is 9.31. The fourth-order valence-electron chi connectivity index (χ4n) is 1.87. The Bertz CT molecular complexity index is 609. The second-order valence-corrected chi connectivity index (χ2v) is 5.07. The molecule has 0 heterocycles. The Morgan fingerprint density at radius 3 is 2.05 bits per heavy atom. The van der Waals surface area contributed by atoms with Crippen LogP contribution in [0.1, 0.15) is 22.3 Å². The molecule has 0 aromatic heterocycles. The van der Waals surface area contributed by atoms with Crippen LogP contribution in [-0.4, -0.2) is 16.1 Å². The minimum Gasteiger partial charge on any atom is -0.326 e. The molecule has 2 aromatic rings. The van der Waals surface area contributed by atoms with E-state index in [9.17, 15) is 4.21 Å². The molecule has 0 amide bonds. The summed E-state index contributed by atoms with van der Waals surface area (Å²) in [7, 11) is 0. The number of hydrogen-bond acceptors (Lipinski definition) is 2. The Hall–Kier alpha value is -1.97. The summed E-state index contributed by atoms with van der Waals surface area (Å²) in [5.74, 6) is 0. The van der Waals surface area contributed by atoms with Crippen molar-refractivity contribution in [3.8, 4) is 0 Å². The van der Waals surface area contributed by atoms with Gasteiger partial charge in [0.25, 0.3) is 0 Å². The first kappa shape index (κ1) is 17.1. The molecular weight excluding hydrogens is 278 g/mol. The number of nitrogens with two attached hydrogens (primary N) is 1. The molecule has 110 valence electrons. The molecule has 2 nitrogen and oxygen atoms in total. The van der Waals surface area contributed by atoms with Crippen LogP contribution >= 0.6 is 0 Å². The largest absolute Gasteiger partial charge is 0.326 e. The minimum absolute atomic E-state index is 0.369. The van der Waals surface area contributed by atoms with Gasteiger partial charge < -0.3 is 5.73 Å².